The molecule has 5 nitrogen and oxygen atoms in total. The number of fused-ring (bicyclic) bond motifs is 1. The molecule has 9 heteroatoms. The van der Waals surface area contributed by atoms with Crippen molar-refractivity contribution in [3.05, 3.63) is 44.8 Å². The first-order chi connectivity index (χ1) is 11.2. The Bertz CT molecular complexity index is 797. The van der Waals surface area contributed by atoms with Crippen molar-refractivity contribution in [2.24, 2.45) is 0 Å². The van der Waals surface area contributed by atoms with Crippen LogP contribution in [0.1, 0.15) is 23.6 Å². The maximum absolute atomic E-state index is 12.5. The van der Waals surface area contributed by atoms with Crippen molar-refractivity contribution in [3.63, 3.8) is 0 Å². The van der Waals surface area contributed by atoms with Crippen LogP contribution in [0.5, 0.6) is 0 Å². The minimum Gasteiger partial charge on any atom is -0.350 e. The largest absolute Gasteiger partial charge is 0.350 e. The van der Waals surface area contributed by atoms with E-state index < -0.39 is 16.1 Å². The monoisotopic (exact) mass is 406 g/mol. The van der Waals surface area contributed by atoms with E-state index in [1.807, 2.05) is 24.3 Å². The molecule has 0 spiro atoms. The Balaban J connectivity index is 1.76. The van der Waals surface area contributed by atoms with Gasteiger partial charge in [0, 0.05) is 11.5 Å². The predicted molar refractivity (Wildman–Crippen MR) is 97.5 cm³/mol. The molecular formula is C15H16Cl2N2O3S2. The number of carbonyl (C=O) groups excluding carboxylic acids is 1. The second-order valence-electron chi connectivity index (χ2n) is 5.87. The number of hydrogen-bond acceptors (Lipinski definition) is 4. The van der Waals surface area contributed by atoms with E-state index in [1.54, 1.807) is 0 Å². The van der Waals surface area contributed by atoms with E-state index in [9.17, 15) is 13.2 Å². The number of allylic oxidation sites excluding steroid dienone is 1. The van der Waals surface area contributed by atoms with E-state index in [0.29, 0.717) is 22.2 Å². The Labute approximate surface area is 155 Å². The minimum atomic E-state index is -3.41. The van der Waals surface area contributed by atoms with Gasteiger partial charge < -0.3 is 5.32 Å². The molecule has 0 bridgehead atoms. The molecule has 2 N–H and O–H groups in total. The van der Waals surface area contributed by atoms with E-state index in [2.05, 4.69) is 10.0 Å². The number of carbonyl (C=O) groups is 1. The van der Waals surface area contributed by atoms with Crippen molar-refractivity contribution >= 4 is 50.9 Å². The van der Waals surface area contributed by atoms with Crippen LogP contribution < -0.4 is 10.0 Å². The van der Waals surface area contributed by atoms with Crippen LogP contribution in [0.25, 0.3) is 0 Å². The summed E-state index contributed by atoms with van der Waals surface area (Å²) < 4.78 is 26.5. The quantitative estimate of drug-likeness (QED) is 0.804. The van der Waals surface area contributed by atoms with Crippen molar-refractivity contribution < 1.29 is 13.2 Å². The molecule has 0 saturated heterocycles. The van der Waals surface area contributed by atoms with Crippen LogP contribution in [-0.4, -0.2) is 31.9 Å². The zero-order chi connectivity index (χ0) is 17.5. The van der Waals surface area contributed by atoms with Crippen LogP contribution in [0.4, 0.5) is 0 Å². The van der Waals surface area contributed by atoms with E-state index in [4.69, 9.17) is 23.2 Å². The molecule has 1 aromatic carbocycles. The van der Waals surface area contributed by atoms with Gasteiger partial charge in [0.1, 0.15) is 0 Å². The third-order valence-electron chi connectivity index (χ3n) is 4.02. The predicted octanol–water partition coefficient (Wildman–Crippen LogP) is 2.47. The molecule has 1 aromatic rings. The van der Waals surface area contributed by atoms with Gasteiger partial charge in [-0.25, -0.2) is 13.1 Å². The fourth-order valence-electron chi connectivity index (χ4n) is 3.00. The van der Waals surface area contributed by atoms with Crippen LogP contribution in [0.15, 0.2) is 33.7 Å². The van der Waals surface area contributed by atoms with Crippen molar-refractivity contribution in [3.8, 4) is 0 Å². The van der Waals surface area contributed by atoms with Gasteiger partial charge in [-0.15, -0.1) is 0 Å². The van der Waals surface area contributed by atoms with Crippen LogP contribution in [0.2, 0.25) is 0 Å². The summed E-state index contributed by atoms with van der Waals surface area (Å²) in [4.78, 5) is 12.5. The van der Waals surface area contributed by atoms with Crippen molar-refractivity contribution in [2.45, 2.75) is 30.2 Å². The number of hydrogen-bond donors (Lipinski definition) is 2. The molecule has 1 amide bonds. The third kappa shape index (κ3) is 3.91. The summed E-state index contributed by atoms with van der Waals surface area (Å²) in [7, 11) is -3.41. The highest BCUT2D eigenvalue weighted by Gasteiger charge is 2.37. The highest BCUT2D eigenvalue weighted by Crippen LogP contribution is 2.42. The van der Waals surface area contributed by atoms with Gasteiger partial charge >= 0.3 is 0 Å². The molecule has 130 valence electrons. The van der Waals surface area contributed by atoms with E-state index in [0.717, 1.165) is 17.4 Å². The average molecular weight is 407 g/mol. The number of nitrogens with one attached hydrogen (secondary N) is 2. The molecule has 0 fully saturated rings. The smallest absolute Gasteiger partial charge is 0.234 e. The molecule has 1 aliphatic carbocycles. The molecule has 0 radical (unpaired) electrons. The highest BCUT2D eigenvalue weighted by molar-refractivity contribution is 8.06. The standard InChI is InChI=1S/C15H16Cl2N2O3S2/c1-24(21,22)19-13-9-5-3-2-4-8(9)6-11(13)18-15(20)12-7-10(16)14(17)23-12/h2-5,11-13,19H,6-7H2,1H3,(H,18,20). The zero-order valence-corrected chi connectivity index (χ0v) is 15.9. The van der Waals surface area contributed by atoms with Crippen LogP contribution in [-0.2, 0) is 21.2 Å². The maximum Gasteiger partial charge on any atom is 0.234 e. The lowest BCUT2D eigenvalue weighted by Gasteiger charge is -2.23. The van der Waals surface area contributed by atoms with E-state index in [-0.39, 0.29) is 17.2 Å². The fraction of sp³-hybridized carbons (Fsp3) is 0.400. The molecule has 1 aliphatic heterocycles. The summed E-state index contributed by atoms with van der Waals surface area (Å²) >= 11 is 13.1. The van der Waals surface area contributed by atoms with Crippen LogP contribution >= 0.6 is 35.0 Å². The van der Waals surface area contributed by atoms with Gasteiger partial charge in [-0.2, -0.15) is 0 Å². The summed E-state index contributed by atoms with van der Waals surface area (Å²) in [5, 5.41) is 3.06. The van der Waals surface area contributed by atoms with Gasteiger partial charge in [0.15, 0.2) is 0 Å². The fourth-order valence-corrected chi connectivity index (χ4v) is 5.42. The molecular weight excluding hydrogens is 391 g/mol. The number of amides is 1. The first-order valence-electron chi connectivity index (χ1n) is 7.31. The maximum atomic E-state index is 12.5. The Hall–Kier alpha value is -0.730. The van der Waals surface area contributed by atoms with Gasteiger partial charge in [0.2, 0.25) is 15.9 Å². The summed E-state index contributed by atoms with van der Waals surface area (Å²) in [6.07, 6.45) is 2.07. The molecule has 3 atom stereocenters. The van der Waals surface area contributed by atoms with Gasteiger partial charge in [-0.05, 0) is 17.5 Å². The average Bonchev–Trinajstić information content (AvgIpc) is 2.99. The Kier molecular flexibility index (Phi) is 5.18. The third-order valence-corrected chi connectivity index (χ3v) is 6.87. The van der Waals surface area contributed by atoms with Crippen molar-refractivity contribution in [1.82, 2.24) is 10.0 Å². The molecule has 1 heterocycles. The highest BCUT2D eigenvalue weighted by atomic mass is 35.5. The minimum absolute atomic E-state index is 0.188. The van der Waals surface area contributed by atoms with Crippen LogP contribution in [0, 0.1) is 0 Å². The Morgan fingerprint density at radius 3 is 2.58 bits per heavy atom. The molecule has 2 aliphatic rings. The topological polar surface area (TPSA) is 75.3 Å². The first kappa shape index (κ1) is 18.1. The lowest BCUT2D eigenvalue weighted by Crippen LogP contribution is -2.46. The SMILES string of the molecule is CS(=O)(=O)NC1c2ccccc2CC1NC(=O)C1CC(Cl)=C(Cl)S1. The van der Waals surface area contributed by atoms with Gasteiger partial charge in [-0.1, -0.05) is 59.2 Å². The Morgan fingerprint density at radius 1 is 1.25 bits per heavy atom. The second kappa shape index (κ2) is 6.88. The Morgan fingerprint density at radius 2 is 1.96 bits per heavy atom. The first-order valence-corrected chi connectivity index (χ1v) is 10.8. The number of halogens is 2. The normalized spacial score (nSPS) is 26.5. The molecule has 0 saturated carbocycles. The summed E-state index contributed by atoms with van der Waals surface area (Å²) in [5.41, 5.74) is 1.92. The number of rotatable bonds is 4. The molecule has 0 aromatic heterocycles. The van der Waals surface area contributed by atoms with Crippen molar-refractivity contribution in [2.75, 3.05) is 6.26 Å². The number of thioether (sulfide) groups is 1. The van der Waals surface area contributed by atoms with Crippen molar-refractivity contribution in [1.29, 1.82) is 0 Å². The molecule has 3 unspecified atom stereocenters. The van der Waals surface area contributed by atoms with Gasteiger partial charge in [-0.3, -0.25) is 4.79 Å². The van der Waals surface area contributed by atoms with E-state index >= 15 is 0 Å². The summed E-state index contributed by atoms with van der Waals surface area (Å²) in [5.74, 6) is -0.188. The number of sulfonamides is 1. The molecule has 3 rings (SSSR count). The lowest BCUT2D eigenvalue weighted by molar-refractivity contribution is -0.121. The molecule has 24 heavy (non-hydrogen) atoms. The van der Waals surface area contributed by atoms with Gasteiger partial charge in [0.25, 0.3) is 0 Å². The van der Waals surface area contributed by atoms with Crippen LogP contribution in [0.3, 0.4) is 0 Å². The summed E-state index contributed by atoms with van der Waals surface area (Å²) in [6, 6.07) is 6.75. The van der Waals surface area contributed by atoms with Gasteiger partial charge in [0.05, 0.1) is 28.0 Å². The number of benzene rings is 1. The van der Waals surface area contributed by atoms with E-state index in [1.165, 1.54) is 11.8 Å². The second-order valence-corrected chi connectivity index (χ2v) is 9.93. The summed E-state index contributed by atoms with van der Waals surface area (Å²) in [6.45, 7) is 0. The zero-order valence-electron chi connectivity index (χ0n) is 12.8. The lowest BCUT2D eigenvalue weighted by atomic mass is 10.1.